The predicted molar refractivity (Wildman–Crippen MR) is 51.2 cm³/mol. The summed E-state index contributed by atoms with van der Waals surface area (Å²) in [5.74, 6) is -0.973. The van der Waals surface area contributed by atoms with Crippen molar-refractivity contribution in [2.75, 3.05) is 0 Å². The quantitative estimate of drug-likeness (QED) is 0.690. The smallest absolute Gasteiger partial charge is 0.335 e. The summed E-state index contributed by atoms with van der Waals surface area (Å²) >= 11 is 0. The van der Waals surface area contributed by atoms with Crippen molar-refractivity contribution in [1.82, 2.24) is 0 Å². The Morgan fingerprint density at radius 2 is 2.08 bits per heavy atom. The first-order valence-corrected chi connectivity index (χ1v) is 3.68. The predicted octanol–water partition coefficient (Wildman–Crippen LogP) is 2.05. The second-order valence-corrected chi connectivity index (χ2v) is 2.56. The number of carbonyl (C=O) groups is 1. The molecule has 0 heterocycles. The van der Waals surface area contributed by atoms with E-state index in [-0.39, 0.29) is 5.56 Å². The van der Waals surface area contributed by atoms with Gasteiger partial charge in [0, 0.05) is 6.21 Å². The van der Waals surface area contributed by atoms with Crippen LogP contribution in [0.25, 0.3) is 5.57 Å². The van der Waals surface area contributed by atoms with Crippen molar-refractivity contribution in [2.45, 2.75) is 0 Å². The summed E-state index contributed by atoms with van der Waals surface area (Å²) in [6.07, 6.45) is 1.10. The largest absolute Gasteiger partial charge is 0.478 e. The van der Waals surface area contributed by atoms with E-state index in [9.17, 15) is 4.79 Å². The number of hydrogen-bond acceptors (Lipinski definition) is 2. The molecular weight excluding hydrogens is 166 g/mol. The van der Waals surface area contributed by atoms with Crippen LogP contribution in [0.15, 0.2) is 30.8 Å². The van der Waals surface area contributed by atoms with Crippen LogP contribution in [0, 0.1) is 5.41 Å². The molecule has 0 atom stereocenters. The fourth-order valence-corrected chi connectivity index (χ4v) is 0.935. The highest BCUT2D eigenvalue weighted by Crippen LogP contribution is 2.12. The van der Waals surface area contributed by atoms with Gasteiger partial charge in [-0.25, -0.2) is 4.79 Å². The fourth-order valence-electron chi connectivity index (χ4n) is 0.935. The Morgan fingerprint density at radius 1 is 1.46 bits per heavy atom. The van der Waals surface area contributed by atoms with Gasteiger partial charge in [0.1, 0.15) is 0 Å². The molecule has 0 aliphatic carbocycles. The molecule has 0 saturated heterocycles. The van der Waals surface area contributed by atoms with Crippen molar-refractivity contribution in [3.8, 4) is 0 Å². The third kappa shape index (κ3) is 2.02. The lowest BCUT2D eigenvalue weighted by molar-refractivity contribution is 0.0697. The first kappa shape index (κ1) is 9.19. The first-order valence-electron chi connectivity index (χ1n) is 3.68. The van der Waals surface area contributed by atoms with Crippen LogP contribution in [0.1, 0.15) is 15.9 Å². The summed E-state index contributed by atoms with van der Waals surface area (Å²) in [6, 6.07) is 6.35. The minimum atomic E-state index is -0.973. The van der Waals surface area contributed by atoms with E-state index in [1.54, 1.807) is 12.1 Å². The van der Waals surface area contributed by atoms with Crippen LogP contribution in [0.3, 0.4) is 0 Å². The molecule has 0 unspecified atom stereocenters. The Morgan fingerprint density at radius 3 is 2.62 bits per heavy atom. The maximum absolute atomic E-state index is 10.6. The third-order valence-electron chi connectivity index (χ3n) is 1.65. The van der Waals surface area contributed by atoms with Crippen molar-refractivity contribution in [3.63, 3.8) is 0 Å². The van der Waals surface area contributed by atoms with Gasteiger partial charge in [0.15, 0.2) is 0 Å². The minimum Gasteiger partial charge on any atom is -0.478 e. The van der Waals surface area contributed by atoms with Gasteiger partial charge in [-0.15, -0.1) is 0 Å². The summed E-state index contributed by atoms with van der Waals surface area (Å²) in [5.41, 5.74) is 1.37. The molecule has 0 spiro atoms. The molecule has 0 amide bonds. The normalized spacial score (nSPS) is 9.23. The lowest BCUT2D eigenvalue weighted by Gasteiger charge is -2.00. The molecular formula is C10H9NO2. The van der Waals surface area contributed by atoms with E-state index in [4.69, 9.17) is 10.5 Å². The van der Waals surface area contributed by atoms with Gasteiger partial charge in [0.2, 0.25) is 0 Å². The van der Waals surface area contributed by atoms with Crippen LogP contribution in [-0.2, 0) is 0 Å². The third-order valence-corrected chi connectivity index (χ3v) is 1.65. The van der Waals surface area contributed by atoms with Gasteiger partial charge in [0.05, 0.1) is 5.56 Å². The molecule has 1 rings (SSSR count). The van der Waals surface area contributed by atoms with Crippen LogP contribution in [0.2, 0.25) is 0 Å². The first-order chi connectivity index (χ1) is 6.15. The fraction of sp³-hybridized carbons (Fsp3) is 0. The summed E-state index contributed by atoms with van der Waals surface area (Å²) < 4.78 is 0. The van der Waals surface area contributed by atoms with E-state index in [1.807, 2.05) is 0 Å². The average molecular weight is 175 g/mol. The Balaban J connectivity index is 3.12. The highest BCUT2D eigenvalue weighted by Gasteiger charge is 2.03. The molecule has 3 heteroatoms. The number of rotatable bonds is 3. The monoisotopic (exact) mass is 175 g/mol. The Labute approximate surface area is 75.8 Å². The zero-order chi connectivity index (χ0) is 9.84. The second kappa shape index (κ2) is 3.67. The molecule has 0 fully saturated rings. The summed E-state index contributed by atoms with van der Waals surface area (Å²) in [6.45, 7) is 3.61. The Hall–Kier alpha value is -1.90. The van der Waals surface area contributed by atoms with Crippen LogP contribution in [0.4, 0.5) is 0 Å². The van der Waals surface area contributed by atoms with E-state index in [1.165, 1.54) is 12.1 Å². The molecule has 0 bridgehead atoms. The zero-order valence-electron chi connectivity index (χ0n) is 6.95. The van der Waals surface area contributed by atoms with Gasteiger partial charge < -0.3 is 10.5 Å². The topological polar surface area (TPSA) is 61.2 Å². The van der Waals surface area contributed by atoms with Gasteiger partial charge in [-0.1, -0.05) is 18.7 Å². The molecule has 0 saturated carbocycles. The number of allylic oxidation sites excluding steroid dienone is 1. The molecule has 0 aromatic heterocycles. The van der Waals surface area contributed by atoms with E-state index < -0.39 is 5.97 Å². The number of hydrogen-bond donors (Lipinski definition) is 2. The summed E-state index contributed by atoms with van der Waals surface area (Å²) in [5, 5.41) is 15.6. The number of benzene rings is 1. The van der Waals surface area contributed by atoms with Crippen molar-refractivity contribution in [1.29, 1.82) is 5.41 Å². The van der Waals surface area contributed by atoms with Crippen molar-refractivity contribution in [2.24, 2.45) is 0 Å². The molecule has 66 valence electrons. The molecule has 3 nitrogen and oxygen atoms in total. The highest BCUT2D eigenvalue weighted by molar-refractivity contribution is 6.07. The molecule has 0 radical (unpaired) electrons. The summed E-state index contributed by atoms with van der Waals surface area (Å²) in [7, 11) is 0. The van der Waals surface area contributed by atoms with Crippen molar-refractivity contribution in [3.05, 3.63) is 42.0 Å². The Kier molecular flexibility index (Phi) is 2.59. The lowest BCUT2D eigenvalue weighted by Crippen LogP contribution is -1.96. The van der Waals surface area contributed by atoms with Crippen LogP contribution in [0.5, 0.6) is 0 Å². The maximum Gasteiger partial charge on any atom is 0.335 e. The van der Waals surface area contributed by atoms with Gasteiger partial charge in [-0.2, -0.15) is 0 Å². The van der Waals surface area contributed by atoms with E-state index in [0.717, 1.165) is 6.21 Å². The van der Waals surface area contributed by atoms with Gasteiger partial charge >= 0.3 is 5.97 Å². The molecule has 2 N–H and O–H groups in total. The summed E-state index contributed by atoms with van der Waals surface area (Å²) in [4.78, 5) is 10.6. The number of aromatic carboxylic acids is 1. The molecule has 0 aliphatic heterocycles. The number of carboxylic acids is 1. The molecule has 0 aliphatic rings. The SMILES string of the molecule is C=C(C=N)c1cccc(C(=O)O)c1. The standard InChI is InChI=1S/C10H9NO2/c1-7(6-11)8-3-2-4-9(5-8)10(12)13/h2-6,11H,1H2,(H,12,13). The molecule has 1 aromatic carbocycles. The number of carboxylic acid groups (broad SMARTS) is 1. The highest BCUT2D eigenvalue weighted by atomic mass is 16.4. The van der Waals surface area contributed by atoms with Crippen LogP contribution in [-0.4, -0.2) is 17.3 Å². The number of nitrogens with one attached hydrogen (secondary N) is 1. The average Bonchev–Trinajstić information content (AvgIpc) is 2.17. The van der Waals surface area contributed by atoms with E-state index in [2.05, 4.69) is 6.58 Å². The van der Waals surface area contributed by atoms with E-state index in [0.29, 0.717) is 11.1 Å². The second-order valence-electron chi connectivity index (χ2n) is 2.56. The van der Waals surface area contributed by atoms with Gasteiger partial charge in [-0.05, 0) is 23.3 Å². The van der Waals surface area contributed by atoms with E-state index >= 15 is 0 Å². The van der Waals surface area contributed by atoms with Crippen LogP contribution < -0.4 is 0 Å². The van der Waals surface area contributed by atoms with Crippen molar-refractivity contribution >= 4 is 17.8 Å². The van der Waals surface area contributed by atoms with Crippen LogP contribution >= 0.6 is 0 Å². The molecule has 13 heavy (non-hydrogen) atoms. The zero-order valence-corrected chi connectivity index (χ0v) is 6.95. The minimum absolute atomic E-state index is 0.209. The Bertz CT molecular complexity index is 369. The molecule has 1 aromatic rings. The lowest BCUT2D eigenvalue weighted by atomic mass is 10.1. The van der Waals surface area contributed by atoms with Gasteiger partial charge in [0.25, 0.3) is 0 Å². The van der Waals surface area contributed by atoms with Crippen molar-refractivity contribution < 1.29 is 9.90 Å². The maximum atomic E-state index is 10.6. The van der Waals surface area contributed by atoms with Gasteiger partial charge in [-0.3, -0.25) is 0 Å².